The minimum atomic E-state index is 0.436. The molecule has 2 aromatic carbocycles. The number of nitrogens with zero attached hydrogens (tertiary/aromatic N) is 2. The van der Waals surface area contributed by atoms with Crippen LogP contribution in [-0.4, -0.2) is 11.9 Å². The van der Waals surface area contributed by atoms with Crippen LogP contribution in [-0.2, 0) is 10.9 Å². The van der Waals surface area contributed by atoms with E-state index in [4.69, 9.17) is 9.98 Å². The first-order valence-corrected chi connectivity index (χ1v) is 16.1. The van der Waals surface area contributed by atoms with E-state index >= 15 is 0 Å². The van der Waals surface area contributed by atoms with E-state index in [0.29, 0.717) is 23.7 Å². The van der Waals surface area contributed by atoms with E-state index in [-0.39, 0.29) is 0 Å². The second kappa shape index (κ2) is 14.5. The number of hydrogen-bond donors (Lipinski definition) is 0. The molecule has 0 saturated heterocycles. The Balaban J connectivity index is 0.00000161. The molecule has 2 aromatic rings. The van der Waals surface area contributed by atoms with Crippen LogP contribution in [0.4, 0.5) is 11.4 Å². The average Bonchev–Trinajstić information content (AvgIpc) is 2.72. The number of hydrogen-bond acceptors (Lipinski definition) is 2. The van der Waals surface area contributed by atoms with Crippen LogP contribution >= 0.6 is 28.5 Å². The molecule has 2 nitrogen and oxygen atoms in total. The fourth-order valence-electron chi connectivity index (χ4n) is 3.66. The number of rotatable bonds is 7. The van der Waals surface area contributed by atoms with Gasteiger partial charge < -0.3 is 0 Å². The Morgan fingerprint density at radius 1 is 0.688 bits per heavy atom. The van der Waals surface area contributed by atoms with Gasteiger partial charge in [0.2, 0.25) is 0 Å². The molecular formula is C27H38Br2N2Ni. The average molecular weight is 609 g/mol. The van der Waals surface area contributed by atoms with Gasteiger partial charge in [-0.25, -0.2) is 0 Å². The van der Waals surface area contributed by atoms with Crippen molar-refractivity contribution in [2.24, 2.45) is 9.98 Å². The maximum atomic E-state index is 5.03. The van der Waals surface area contributed by atoms with Crippen LogP contribution in [0.1, 0.15) is 108 Å². The van der Waals surface area contributed by atoms with Crippen molar-refractivity contribution in [1.82, 2.24) is 0 Å². The van der Waals surface area contributed by atoms with Crippen molar-refractivity contribution in [3.63, 3.8) is 0 Å². The maximum absolute atomic E-state index is 5.03. The number of benzene rings is 2. The Bertz CT molecular complexity index is 863. The van der Waals surface area contributed by atoms with Gasteiger partial charge in [0.1, 0.15) is 0 Å². The first-order valence-electron chi connectivity index (χ1n) is 11.2. The molecule has 0 N–H and O–H groups in total. The van der Waals surface area contributed by atoms with Gasteiger partial charge in [-0.15, -0.1) is 0 Å². The van der Waals surface area contributed by atoms with Gasteiger partial charge in [0, 0.05) is 6.21 Å². The molecular weight excluding hydrogens is 571 g/mol. The van der Waals surface area contributed by atoms with Gasteiger partial charge in [-0.3, -0.25) is 9.98 Å². The van der Waals surface area contributed by atoms with Crippen LogP contribution in [0, 0.1) is 0 Å². The summed E-state index contributed by atoms with van der Waals surface area (Å²) in [6, 6.07) is 13.1. The number of halogens is 2. The molecule has 0 unspecified atom stereocenters. The second-order valence-corrected chi connectivity index (χ2v) is 14.2. The Labute approximate surface area is 216 Å². The van der Waals surface area contributed by atoms with Crippen molar-refractivity contribution >= 4 is 51.8 Å². The van der Waals surface area contributed by atoms with Crippen LogP contribution in [0.15, 0.2) is 46.4 Å². The molecule has 0 radical (unpaired) electrons. The first kappa shape index (κ1) is 29.3. The van der Waals surface area contributed by atoms with Gasteiger partial charge in [-0.05, 0) is 52.8 Å². The molecule has 2 rings (SSSR count). The van der Waals surface area contributed by atoms with Crippen LogP contribution in [0.2, 0.25) is 0 Å². The minimum absolute atomic E-state index is 0.436. The van der Waals surface area contributed by atoms with E-state index < -0.39 is 0 Å². The third kappa shape index (κ3) is 8.54. The normalized spacial score (nSPS) is 12.4. The summed E-state index contributed by atoms with van der Waals surface area (Å²) in [4.78, 5) is 9.97. The van der Waals surface area contributed by atoms with E-state index in [2.05, 4.69) is 127 Å². The molecule has 0 aliphatic heterocycles. The summed E-state index contributed by atoms with van der Waals surface area (Å²) in [7, 11) is 1.25. The van der Waals surface area contributed by atoms with E-state index in [1.165, 1.54) is 33.2 Å². The van der Waals surface area contributed by atoms with Gasteiger partial charge in [0.05, 0.1) is 17.1 Å². The van der Waals surface area contributed by atoms with Gasteiger partial charge in [0.25, 0.3) is 0 Å². The number of para-hydroxylation sites is 2. The van der Waals surface area contributed by atoms with Crippen LogP contribution in [0.25, 0.3) is 0 Å². The molecule has 0 spiro atoms. The van der Waals surface area contributed by atoms with Crippen LogP contribution in [0.5, 0.6) is 0 Å². The second-order valence-electron chi connectivity index (χ2n) is 9.25. The third-order valence-electron chi connectivity index (χ3n) is 5.35. The monoisotopic (exact) mass is 606 g/mol. The molecule has 0 aliphatic rings. The molecule has 0 amide bonds. The van der Waals surface area contributed by atoms with Gasteiger partial charge in [0.15, 0.2) is 0 Å². The Morgan fingerprint density at radius 3 is 1.31 bits per heavy atom. The molecule has 180 valence electrons. The van der Waals surface area contributed by atoms with Gasteiger partial charge in [-0.2, -0.15) is 0 Å². The molecule has 0 atom stereocenters. The SMILES string of the molecule is CC(C=Nc1c(C(C)C)cccc1C(C)C)=Nc1c(C(C)C)cccc1C(C)C.[Br][Ni][Br]. The molecule has 0 saturated carbocycles. The predicted molar refractivity (Wildman–Crippen MR) is 148 cm³/mol. The standard InChI is InChI=1S/C27H38N2.2BrH.Ni/c1-17(2)22-12-10-13-23(18(3)4)26(22)28-16-21(9)29-27-24(19(5)6)14-11-15-25(27)20(7)8;;;/h10-20H,1-9H3;2*1H;/q;;;+2/p-2. The summed E-state index contributed by atoms with van der Waals surface area (Å²) in [5, 5.41) is 0. The van der Waals surface area contributed by atoms with E-state index in [0.717, 1.165) is 17.1 Å². The van der Waals surface area contributed by atoms with Gasteiger partial charge >= 0.3 is 39.3 Å². The zero-order valence-electron chi connectivity index (χ0n) is 20.8. The quantitative estimate of drug-likeness (QED) is 0.221. The van der Waals surface area contributed by atoms with Crippen molar-refractivity contribution in [3.05, 3.63) is 58.7 Å². The Morgan fingerprint density at radius 2 is 1.00 bits per heavy atom. The molecule has 0 heterocycles. The van der Waals surface area contributed by atoms with Gasteiger partial charge in [-0.1, -0.05) is 91.8 Å². The van der Waals surface area contributed by atoms with E-state index in [1.807, 2.05) is 6.21 Å². The van der Waals surface area contributed by atoms with Crippen molar-refractivity contribution < 1.29 is 10.9 Å². The van der Waals surface area contributed by atoms with E-state index in [1.54, 1.807) is 0 Å². The molecule has 5 heteroatoms. The van der Waals surface area contributed by atoms with E-state index in [9.17, 15) is 0 Å². The Kier molecular flexibility index (Phi) is 13.2. The van der Waals surface area contributed by atoms with Crippen LogP contribution in [0.3, 0.4) is 0 Å². The summed E-state index contributed by atoms with van der Waals surface area (Å²) >= 11 is 6.00. The first-order chi connectivity index (χ1) is 15.0. The predicted octanol–water partition coefficient (Wildman–Crippen LogP) is 10.4. The summed E-state index contributed by atoms with van der Waals surface area (Å²) < 4.78 is 0. The zero-order valence-corrected chi connectivity index (χ0v) is 25.0. The Hall–Kier alpha value is -0.766. The van der Waals surface area contributed by atoms with Crippen molar-refractivity contribution in [2.75, 3.05) is 0 Å². The fourth-order valence-corrected chi connectivity index (χ4v) is 3.66. The number of aliphatic imine (C=N–C) groups is 2. The van der Waals surface area contributed by atoms with Crippen molar-refractivity contribution in [3.8, 4) is 0 Å². The molecule has 0 aromatic heterocycles. The van der Waals surface area contributed by atoms with Crippen LogP contribution < -0.4 is 0 Å². The zero-order chi connectivity index (χ0) is 24.4. The summed E-state index contributed by atoms with van der Waals surface area (Å²) in [6.07, 6.45) is 1.94. The third-order valence-corrected chi connectivity index (χ3v) is 5.35. The van der Waals surface area contributed by atoms with Crippen molar-refractivity contribution in [2.45, 2.75) is 86.0 Å². The fraction of sp³-hybridized carbons (Fsp3) is 0.481. The molecule has 0 aliphatic carbocycles. The molecule has 0 bridgehead atoms. The summed E-state index contributed by atoms with van der Waals surface area (Å²) in [6.45, 7) is 19.9. The summed E-state index contributed by atoms with van der Waals surface area (Å²) in [5.74, 6) is 1.75. The topological polar surface area (TPSA) is 24.7 Å². The van der Waals surface area contributed by atoms with Crippen molar-refractivity contribution in [1.29, 1.82) is 0 Å². The molecule has 0 fully saturated rings. The summed E-state index contributed by atoms with van der Waals surface area (Å²) in [5.41, 5.74) is 8.35. The molecule has 32 heavy (non-hydrogen) atoms.